The van der Waals surface area contributed by atoms with Gasteiger partial charge in [-0.05, 0) is 0 Å². The van der Waals surface area contributed by atoms with Crippen LogP contribution in [0.1, 0.15) is 0 Å². The molecule has 0 aromatic heterocycles. The predicted octanol–water partition coefficient (Wildman–Crippen LogP) is -2.37. The van der Waals surface area contributed by atoms with Crippen molar-refractivity contribution in [3.63, 3.8) is 0 Å². The fourth-order valence-electron chi connectivity index (χ4n) is 0. The normalized spacial score (nSPS) is 2.50. The summed E-state index contributed by atoms with van der Waals surface area (Å²) in [6.45, 7) is 0. The van der Waals surface area contributed by atoms with Gasteiger partial charge in [-0.3, -0.25) is 0 Å². The molecule has 0 heterocycles. The third-order valence-electron chi connectivity index (χ3n) is 0. The average Bonchev–Trinajstić information content (AvgIpc) is 1.00. The van der Waals surface area contributed by atoms with Crippen molar-refractivity contribution in [2.24, 2.45) is 0 Å². The standard InChI is InChI=1S/Al.Au.Cu.H3Si.3H/h;;;1H3;;;. The average molecular weight is 322 g/mol. The van der Waals surface area contributed by atoms with E-state index in [1.54, 1.807) is 0 Å². The summed E-state index contributed by atoms with van der Waals surface area (Å²) >= 11 is 2.42. The van der Waals surface area contributed by atoms with Gasteiger partial charge in [0.2, 0.25) is 0 Å². The van der Waals surface area contributed by atoms with Gasteiger partial charge < -0.3 is 0 Å². The van der Waals surface area contributed by atoms with Crippen molar-refractivity contribution in [2.45, 2.75) is 0 Å². The molecule has 0 aromatic carbocycles. The third-order valence-corrected chi connectivity index (χ3v) is 0. The van der Waals surface area contributed by atoms with Crippen LogP contribution in [0.25, 0.3) is 0 Å². The van der Waals surface area contributed by atoms with Crippen molar-refractivity contribution < 1.29 is 37.4 Å². The van der Waals surface area contributed by atoms with Gasteiger partial charge in [0.25, 0.3) is 0 Å². The number of hydrogen-bond acceptors (Lipinski definition) is 0. The van der Waals surface area contributed by atoms with Gasteiger partial charge in [0.05, 0.1) is 0 Å². The van der Waals surface area contributed by atoms with Crippen LogP contribution in [0.15, 0.2) is 0 Å². The van der Waals surface area contributed by atoms with E-state index in [2.05, 4.69) is 20.3 Å². The van der Waals surface area contributed by atoms with Crippen LogP contribution >= 0.6 is 0 Å². The Bertz CT molecular complexity index is 8.00. The van der Waals surface area contributed by atoms with Crippen LogP contribution in [-0.4, -0.2) is 25.4 Å². The maximum atomic E-state index is 2.42. The van der Waals surface area contributed by atoms with Gasteiger partial charge in [0.15, 0.2) is 17.4 Å². The molecule has 0 amide bonds. The summed E-state index contributed by atoms with van der Waals surface area (Å²) in [4.78, 5) is 0. The monoisotopic (exact) mass is 321 g/mol. The van der Waals surface area contributed by atoms with Crippen molar-refractivity contribution in [1.82, 2.24) is 0 Å². The Balaban J connectivity index is -0.00000000500. The summed E-state index contributed by atoms with van der Waals surface area (Å²) in [7, 11) is 1.25. The molecule has 0 unspecified atom stereocenters. The summed E-state index contributed by atoms with van der Waals surface area (Å²) < 4.78 is 0. The number of rotatable bonds is 0. The molecule has 35 valence electrons. The molecule has 0 nitrogen and oxygen atoms in total. The predicted molar refractivity (Wildman–Crippen MR) is 19.9 cm³/mol. The zero-order chi connectivity index (χ0) is 2.00. The van der Waals surface area contributed by atoms with Crippen LogP contribution in [0.5, 0.6) is 0 Å². The Morgan fingerprint density at radius 3 is 1.25 bits per heavy atom. The van der Waals surface area contributed by atoms with Crippen LogP contribution in [-0.2, 0) is 37.4 Å². The van der Waals surface area contributed by atoms with Gasteiger partial charge >= 0.3 is 28.3 Å². The molecule has 0 fully saturated rings. The Kier molecular flexibility index (Phi) is 83.0. The summed E-state index contributed by atoms with van der Waals surface area (Å²) in [5.41, 5.74) is 0. The van der Waals surface area contributed by atoms with Gasteiger partial charge in [-0.15, -0.1) is 0 Å². The quantitative estimate of drug-likeness (QED) is 0.438. The second-order valence-electron chi connectivity index (χ2n) is 0. The first-order chi connectivity index (χ1) is 1.00. The zero-order valence-electron chi connectivity index (χ0n) is 1.60. The van der Waals surface area contributed by atoms with Crippen molar-refractivity contribution >= 4 is 25.4 Å². The third kappa shape index (κ3) is 8.99. The molecule has 0 atom stereocenters. The zero-order valence-corrected chi connectivity index (χ0v) is 6.71. The molecule has 0 bridgehead atoms. The van der Waals surface area contributed by atoms with E-state index in [9.17, 15) is 0 Å². The van der Waals surface area contributed by atoms with Gasteiger partial charge in [-0.1, -0.05) is 0 Å². The van der Waals surface area contributed by atoms with Crippen molar-refractivity contribution in [3.8, 4) is 0 Å². The molecule has 0 aliphatic rings. The van der Waals surface area contributed by atoms with Gasteiger partial charge in [0, 0.05) is 17.1 Å². The topological polar surface area (TPSA) is 0 Å². The molecule has 0 aromatic rings. The molecule has 0 aliphatic carbocycles. The minimum atomic E-state index is 0. The molecular formula is H6AlAuCuSi. The molecule has 0 aliphatic heterocycles. The molecule has 0 saturated heterocycles. The summed E-state index contributed by atoms with van der Waals surface area (Å²) in [5.74, 6) is 0. The first kappa shape index (κ1) is 16.7. The van der Waals surface area contributed by atoms with Crippen LogP contribution in [0.2, 0.25) is 0 Å². The summed E-state index contributed by atoms with van der Waals surface area (Å²) in [6, 6.07) is 0. The van der Waals surface area contributed by atoms with Crippen molar-refractivity contribution in [2.75, 3.05) is 0 Å². The Labute approximate surface area is 62.2 Å². The molecule has 0 saturated carbocycles. The second-order valence-corrected chi connectivity index (χ2v) is 0. The van der Waals surface area contributed by atoms with E-state index in [4.69, 9.17) is 0 Å². The Morgan fingerprint density at radius 2 is 1.25 bits per heavy atom. The molecule has 4 heteroatoms. The van der Waals surface area contributed by atoms with E-state index in [0.717, 1.165) is 0 Å². The van der Waals surface area contributed by atoms with Gasteiger partial charge in [-0.2, -0.15) is 0 Å². The molecule has 1 radical (unpaired) electrons. The van der Waals surface area contributed by atoms with Crippen molar-refractivity contribution in [1.29, 1.82) is 0 Å². The van der Waals surface area contributed by atoms with E-state index in [0.29, 0.717) is 0 Å². The fraction of sp³-hybridized carbons (Fsp3) is 0. The van der Waals surface area contributed by atoms with Crippen LogP contribution in [0.4, 0.5) is 0 Å². The van der Waals surface area contributed by atoms with E-state index < -0.39 is 0 Å². The van der Waals surface area contributed by atoms with E-state index >= 15 is 0 Å². The first-order valence-electron chi connectivity index (χ1n) is 0.302. The molecule has 0 spiro atoms. The van der Waals surface area contributed by atoms with Gasteiger partial charge in [0.1, 0.15) is 0 Å². The van der Waals surface area contributed by atoms with Crippen LogP contribution in [0.3, 0.4) is 0 Å². The SMILES string of the molecule is [AlH3].[Cu].[SiH3][Au]. The fourth-order valence-corrected chi connectivity index (χ4v) is 0. The summed E-state index contributed by atoms with van der Waals surface area (Å²) in [5, 5.41) is 0. The van der Waals surface area contributed by atoms with Gasteiger partial charge in [-0.25, -0.2) is 0 Å². The summed E-state index contributed by atoms with van der Waals surface area (Å²) in [6.07, 6.45) is 0. The second kappa shape index (κ2) is 19.9. The van der Waals surface area contributed by atoms with Crippen molar-refractivity contribution in [3.05, 3.63) is 0 Å². The molecule has 0 N–H and O–H groups in total. The Morgan fingerprint density at radius 1 is 1.25 bits per heavy atom. The van der Waals surface area contributed by atoms with E-state index in [1.165, 1.54) is 8.00 Å². The van der Waals surface area contributed by atoms with E-state index in [-0.39, 0.29) is 34.4 Å². The first-order valence-corrected chi connectivity index (χ1v) is 7.40. The molecule has 4 heavy (non-hydrogen) atoms. The number of hydrogen-bond donors (Lipinski definition) is 0. The van der Waals surface area contributed by atoms with E-state index in [1.807, 2.05) is 0 Å². The maximum absolute atomic E-state index is 2.42. The minimum absolute atomic E-state index is 0. The van der Waals surface area contributed by atoms with Crippen LogP contribution in [0, 0.1) is 0 Å². The molecular weight excluding hydrogens is 316 g/mol. The Hall–Kier alpha value is 2.01. The molecule has 0 rings (SSSR count). The van der Waals surface area contributed by atoms with Crippen LogP contribution < -0.4 is 0 Å².